The van der Waals surface area contributed by atoms with Gasteiger partial charge in [-0.3, -0.25) is 19.1 Å². The predicted octanol–water partition coefficient (Wildman–Crippen LogP) is 0.224. The number of H-pyrrole nitrogens is 1. The third-order valence-corrected chi connectivity index (χ3v) is 3.74. The number of Topliss-reactive ketones (excluding diaryl/α,β-unsaturated/α-hetero) is 1. The zero-order valence-corrected chi connectivity index (χ0v) is 11.3. The smallest absolute Gasteiger partial charge is 0.313 e. The summed E-state index contributed by atoms with van der Waals surface area (Å²) < 4.78 is 1.15. The fourth-order valence-electron chi connectivity index (χ4n) is 2.66. The third-order valence-electron chi connectivity index (χ3n) is 3.74. The number of nitrogens with one attached hydrogen (secondary N) is 1. The molecule has 1 unspecified atom stereocenters. The molecule has 0 saturated carbocycles. The lowest BCUT2D eigenvalue weighted by atomic mass is 10.2. The van der Waals surface area contributed by atoms with E-state index in [1.807, 2.05) is 0 Å². The molecule has 6 nitrogen and oxygen atoms in total. The molecule has 1 atom stereocenters. The van der Waals surface area contributed by atoms with E-state index < -0.39 is 11.2 Å². The SMILES string of the molecule is CCN1CCCC1Cn1c(=O)[nH]cc(C(C)=O)c1=O. The first kappa shape index (κ1) is 13.7. The Labute approximate surface area is 111 Å². The van der Waals surface area contributed by atoms with Crippen molar-refractivity contribution in [3.8, 4) is 0 Å². The molecule has 0 bridgehead atoms. The molecule has 0 aliphatic carbocycles. The zero-order chi connectivity index (χ0) is 14.0. The molecule has 1 aliphatic heterocycles. The molecule has 19 heavy (non-hydrogen) atoms. The minimum Gasteiger partial charge on any atom is -0.313 e. The molecule has 1 fully saturated rings. The maximum Gasteiger partial charge on any atom is 0.328 e. The molecule has 0 spiro atoms. The molecule has 1 aromatic rings. The van der Waals surface area contributed by atoms with Crippen molar-refractivity contribution in [2.24, 2.45) is 0 Å². The molecule has 1 N–H and O–H groups in total. The van der Waals surface area contributed by atoms with Gasteiger partial charge in [-0.05, 0) is 32.9 Å². The van der Waals surface area contributed by atoms with Gasteiger partial charge in [0.2, 0.25) is 0 Å². The second-order valence-corrected chi connectivity index (χ2v) is 4.90. The molecule has 0 radical (unpaired) electrons. The van der Waals surface area contributed by atoms with Crippen molar-refractivity contribution < 1.29 is 4.79 Å². The van der Waals surface area contributed by atoms with E-state index in [4.69, 9.17) is 0 Å². The first-order valence-electron chi connectivity index (χ1n) is 6.62. The second kappa shape index (κ2) is 5.52. The molecular formula is C13H19N3O3. The standard InChI is InChI=1S/C13H19N3O3/c1-3-15-6-4-5-10(15)8-16-12(18)11(9(2)17)7-14-13(16)19/h7,10H,3-6,8H2,1-2H3,(H,14,19). The van der Waals surface area contributed by atoms with E-state index in [2.05, 4.69) is 16.8 Å². The van der Waals surface area contributed by atoms with E-state index >= 15 is 0 Å². The summed E-state index contributed by atoms with van der Waals surface area (Å²) in [7, 11) is 0. The van der Waals surface area contributed by atoms with Gasteiger partial charge in [-0.15, -0.1) is 0 Å². The Kier molecular flexibility index (Phi) is 3.99. The highest BCUT2D eigenvalue weighted by Gasteiger charge is 2.24. The number of likely N-dealkylation sites (N-methyl/N-ethyl adjacent to an activating group) is 1. The van der Waals surface area contributed by atoms with Gasteiger partial charge in [0.05, 0.1) is 5.56 Å². The Hall–Kier alpha value is -1.69. The summed E-state index contributed by atoms with van der Waals surface area (Å²) in [5.74, 6) is -0.325. The fraction of sp³-hybridized carbons (Fsp3) is 0.615. The molecule has 2 heterocycles. The molecule has 0 amide bonds. The number of aromatic nitrogens is 2. The Morgan fingerprint density at radius 2 is 2.21 bits per heavy atom. The van der Waals surface area contributed by atoms with Gasteiger partial charge in [0.1, 0.15) is 0 Å². The Morgan fingerprint density at radius 3 is 2.84 bits per heavy atom. The number of carbonyl (C=O) groups is 1. The van der Waals surface area contributed by atoms with Gasteiger partial charge in [-0.1, -0.05) is 6.92 Å². The molecule has 1 saturated heterocycles. The first-order valence-corrected chi connectivity index (χ1v) is 6.62. The van der Waals surface area contributed by atoms with E-state index in [-0.39, 0.29) is 17.4 Å². The van der Waals surface area contributed by atoms with Gasteiger partial charge < -0.3 is 4.98 Å². The van der Waals surface area contributed by atoms with Crippen molar-refractivity contribution in [3.05, 3.63) is 32.6 Å². The van der Waals surface area contributed by atoms with Crippen molar-refractivity contribution >= 4 is 5.78 Å². The monoisotopic (exact) mass is 265 g/mol. The number of ketones is 1. The van der Waals surface area contributed by atoms with Crippen LogP contribution in [0.25, 0.3) is 0 Å². The lowest BCUT2D eigenvalue weighted by Crippen LogP contribution is -2.43. The van der Waals surface area contributed by atoms with Gasteiger partial charge in [0.15, 0.2) is 5.78 Å². The van der Waals surface area contributed by atoms with Crippen LogP contribution in [-0.4, -0.2) is 39.4 Å². The van der Waals surface area contributed by atoms with E-state index in [9.17, 15) is 14.4 Å². The molecule has 1 aliphatic rings. The Balaban J connectivity index is 2.35. The van der Waals surface area contributed by atoms with Crippen LogP contribution in [0, 0.1) is 0 Å². The van der Waals surface area contributed by atoms with Crippen LogP contribution in [0.4, 0.5) is 0 Å². The highest BCUT2D eigenvalue weighted by Crippen LogP contribution is 2.17. The average Bonchev–Trinajstić information content (AvgIpc) is 2.81. The highest BCUT2D eigenvalue weighted by atomic mass is 16.2. The average molecular weight is 265 g/mol. The molecule has 2 rings (SSSR count). The highest BCUT2D eigenvalue weighted by molar-refractivity contribution is 5.93. The summed E-state index contributed by atoms with van der Waals surface area (Å²) in [4.78, 5) is 40.0. The number of rotatable bonds is 4. The molecule has 0 aromatic carbocycles. The maximum absolute atomic E-state index is 12.1. The van der Waals surface area contributed by atoms with Crippen molar-refractivity contribution in [1.29, 1.82) is 0 Å². The number of aromatic amines is 1. The molecule has 104 valence electrons. The number of hydrogen-bond donors (Lipinski definition) is 1. The van der Waals surface area contributed by atoms with Crippen molar-refractivity contribution in [2.45, 2.75) is 39.3 Å². The predicted molar refractivity (Wildman–Crippen MR) is 71.6 cm³/mol. The maximum atomic E-state index is 12.1. The van der Waals surface area contributed by atoms with E-state index in [1.165, 1.54) is 13.1 Å². The number of carbonyl (C=O) groups excluding carboxylic acids is 1. The largest absolute Gasteiger partial charge is 0.328 e. The Morgan fingerprint density at radius 1 is 1.47 bits per heavy atom. The van der Waals surface area contributed by atoms with Gasteiger partial charge >= 0.3 is 5.69 Å². The van der Waals surface area contributed by atoms with Crippen molar-refractivity contribution in [2.75, 3.05) is 13.1 Å². The lowest BCUT2D eigenvalue weighted by Gasteiger charge is -2.22. The van der Waals surface area contributed by atoms with Crippen LogP contribution >= 0.6 is 0 Å². The van der Waals surface area contributed by atoms with Crippen molar-refractivity contribution in [1.82, 2.24) is 14.5 Å². The second-order valence-electron chi connectivity index (χ2n) is 4.90. The lowest BCUT2D eigenvalue weighted by molar-refractivity contribution is 0.101. The van der Waals surface area contributed by atoms with E-state index in [1.54, 1.807) is 0 Å². The van der Waals surface area contributed by atoms with Crippen LogP contribution in [0.5, 0.6) is 0 Å². The minimum atomic E-state index is -0.487. The summed E-state index contributed by atoms with van der Waals surface area (Å²) in [5, 5.41) is 0. The number of likely N-dealkylation sites (tertiary alicyclic amines) is 1. The van der Waals surface area contributed by atoms with Gasteiger partial charge in [0.25, 0.3) is 5.56 Å². The fourth-order valence-corrected chi connectivity index (χ4v) is 2.66. The van der Waals surface area contributed by atoms with E-state index in [0.717, 1.165) is 30.5 Å². The summed E-state index contributed by atoms with van der Waals surface area (Å²) in [5.41, 5.74) is -0.891. The van der Waals surface area contributed by atoms with Crippen LogP contribution in [0.15, 0.2) is 15.8 Å². The van der Waals surface area contributed by atoms with Crippen LogP contribution < -0.4 is 11.2 Å². The zero-order valence-electron chi connectivity index (χ0n) is 11.3. The summed E-state index contributed by atoms with van der Waals surface area (Å²) >= 11 is 0. The number of nitrogens with zero attached hydrogens (tertiary/aromatic N) is 2. The topological polar surface area (TPSA) is 75.2 Å². The summed E-state index contributed by atoms with van der Waals surface area (Å²) in [6.45, 7) is 5.65. The molecular weight excluding hydrogens is 246 g/mol. The minimum absolute atomic E-state index is 0.0423. The quantitative estimate of drug-likeness (QED) is 0.790. The van der Waals surface area contributed by atoms with Crippen LogP contribution in [-0.2, 0) is 6.54 Å². The Bertz CT molecular complexity index is 588. The normalized spacial score (nSPS) is 19.8. The van der Waals surface area contributed by atoms with Gasteiger partial charge in [0, 0.05) is 18.8 Å². The molecule has 1 aromatic heterocycles. The van der Waals surface area contributed by atoms with Crippen LogP contribution in [0.3, 0.4) is 0 Å². The first-order chi connectivity index (χ1) is 9.04. The summed E-state index contributed by atoms with van der Waals surface area (Å²) in [6, 6.07) is 0.200. The third kappa shape index (κ3) is 2.68. The van der Waals surface area contributed by atoms with E-state index in [0.29, 0.717) is 6.54 Å². The number of hydrogen-bond acceptors (Lipinski definition) is 4. The molecule has 6 heteroatoms. The van der Waals surface area contributed by atoms with Crippen LogP contribution in [0.1, 0.15) is 37.0 Å². The van der Waals surface area contributed by atoms with Crippen molar-refractivity contribution in [3.63, 3.8) is 0 Å². The van der Waals surface area contributed by atoms with Crippen LogP contribution in [0.2, 0.25) is 0 Å². The van der Waals surface area contributed by atoms with Gasteiger partial charge in [-0.2, -0.15) is 0 Å². The van der Waals surface area contributed by atoms with Gasteiger partial charge in [-0.25, -0.2) is 4.79 Å². The summed E-state index contributed by atoms with van der Waals surface area (Å²) in [6.07, 6.45) is 3.26.